The molecule has 1 unspecified atom stereocenters. The first kappa shape index (κ1) is 31.7. The molecule has 0 radical (unpaired) electrons. The normalized spacial score (nSPS) is 14.7. The van der Waals surface area contributed by atoms with Crippen molar-refractivity contribution in [3.05, 3.63) is 191 Å². The molecule has 58 heavy (non-hydrogen) atoms. The monoisotopic (exact) mass is 740 g/mol. The van der Waals surface area contributed by atoms with Crippen LogP contribution in [0.3, 0.4) is 0 Å². The Bertz CT molecular complexity index is 3540. The molecule has 6 heterocycles. The van der Waals surface area contributed by atoms with Crippen molar-refractivity contribution in [1.82, 2.24) is 24.1 Å². The standard InChI is InChI=1S/C49H24N8O/c1-52-30-13-16-42-35(22-30)32-17-19-53-27-44(32)57(42)43-9-4-7-38-48(43)58-45-10-3-2-6-36(45)49(38)37-8-5-18-54-46(37)47-39(49)23-31(26-55-47)56-40-14-11-28(24-50)20-33(40)34-21-29(25-51)12-15-41(34)56/h2-23,26-27H. The van der Waals surface area contributed by atoms with Gasteiger partial charge in [0.1, 0.15) is 5.75 Å². The highest BCUT2D eigenvalue weighted by molar-refractivity contribution is 6.11. The highest BCUT2D eigenvalue weighted by Gasteiger charge is 2.53. The summed E-state index contributed by atoms with van der Waals surface area (Å²) >= 11 is 0. The van der Waals surface area contributed by atoms with Gasteiger partial charge >= 0.3 is 0 Å². The van der Waals surface area contributed by atoms with Crippen molar-refractivity contribution in [1.29, 1.82) is 10.5 Å². The van der Waals surface area contributed by atoms with E-state index in [0.717, 1.165) is 94.4 Å². The summed E-state index contributed by atoms with van der Waals surface area (Å²) < 4.78 is 11.4. The number of ether oxygens (including phenoxy) is 1. The zero-order valence-electron chi connectivity index (χ0n) is 30.3. The highest BCUT2D eigenvalue weighted by atomic mass is 16.5. The predicted octanol–water partition coefficient (Wildman–Crippen LogP) is 10.8. The second-order valence-electron chi connectivity index (χ2n) is 14.6. The van der Waals surface area contributed by atoms with Crippen LogP contribution < -0.4 is 4.74 Å². The fourth-order valence-corrected chi connectivity index (χ4v) is 9.52. The fraction of sp³-hybridized carbons (Fsp3) is 0.0204. The number of hydrogen-bond acceptors (Lipinski definition) is 6. The molecule has 1 aliphatic carbocycles. The Labute approximate surface area is 330 Å². The van der Waals surface area contributed by atoms with Crippen LogP contribution in [0.5, 0.6) is 11.5 Å². The Morgan fingerprint density at radius 3 is 2.09 bits per heavy atom. The molecule has 1 aliphatic heterocycles. The maximum absolute atomic E-state index is 9.84. The molecule has 2 aliphatic rings. The van der Waals surface area contributed by atoms with Crippen LogP contribution in [0.15, 0.2) is 146 Å². The minimum absolute atomic E-state index is 0.540. The maximum Gasteiger partial charge on any atom is 0.188 e. The number of aromatic nitrogens is 5. The second-order valence-corrected chi connectivity index (χ2v) is 14.6. The smallest absolute Gasteiger partial charge is 0.188 e. The zero-order valence-corrected chi connectivity index (χ0v) is 30.3. The molecular weight excluding hydrogens is 717 g/mol. The van der Waals surface area contributed by atoms with Gasteiger partial charge in [-0.3, -0.25) is 15.0 Å². The van der Waals surface area contributed by atoms with E-state index in [2.05, 4.69) is 67.5 Å². The largest absolute Gasteiger partial charge is 0.454 e. The van der Waals surface area contributed by atoms with E-state index in [0.29, 0.717) is 22.6 Å². The topological polar surface area (TPSA) is 110 Å². The first-order chi connectivity index (χ1) is 28.6. The Morgan fingerprint density at radius 2 is 1.29 bits per heavy atom. The lowest BCUT2D eigenvalue weighted by atomic mass is 9.66. The fourth-order valence-electron chi connectivity index (χ4n) is 9.52. The van der Waals surface area contributed by atoms with Crippen LogP contribution in [0.2, 0.25) is 0 Å². The zero-order chi connectivity index (χ0) is 38.7. The molecule has 5 aromatic heterocycles. The molecule has 5 aromatic carbocycles. The summed E-state index contributed by atoms with van der Waals surface area (Å²) in [5, 5.41) is 23.4. The number of benzene rings is 5. The summed E-state index contributed by atoms with van der Waals surface area (Å²) in [5.41, 5.74) is 11.5. The third-order valence-corrected chi connectivity index (χ3v) is 11.8. The number of nitriles is 2. The summed E-state index contributed by atoms with van der Waals surface area (Å²) in [6, 6.07) is 44.5. The van der Waals surface area contributed by atoms with E-state index in [1.807, 2.05) is 104 Å². The van der Waals surface area contributed by atoms with Crippen molar-refractivity contribution < 1.29 is 4.74 Å². The van der Waals surface area contributed by atoms with Crippen LogP contribution in [-0.4, -0.2) is 24.1 Å². The molecule has 0 bridgehead atoms. The van der Waals surface area contributed by atoms with Gasteiger partial charge in [0.15, 0.2) is 11.4 Å². The lowest BCUT2D eigenvalue weighted by Gasteiger charge is -2.39. The molecule has 0 saturated carbocycles. The minimum Gasteiger partial charge on any atom is -0.454 e. The van der Waals surface area contributed by atoms with Crippen molar-refractivity contribution in [2.45, 2.75) is 5.41 Å². The van der Waals surface area contributed by atoms with Gasteiger partial charge < -0.3 is 13.9 Å². The van der Waals surface area contributed by atoms with Gasteiger partial charge in [-0.1, -0.05) is 42.5 Å². The molecule has 0 saturated heterocycles. The summed E-state index contributed by atoms with van der Waals surface area (Å²) in [7, 11) is 0. The van der Waals surface area contributed by atoms with E-state index in [4.69, 9.17) is 21.3 Å². The van der Waals surface area contributed by atoms with E-state index < -0.39 is 5.41 Å². The van der Waals surface area contributed by atoms with Crippen LogP contribution in [0, 0.1) is 29.2 Å². The molecule has 9 nitrogen and oxygen atoms in total. The quantitative estimate of drug-likeness (QED) is 0.163. The minimum atomic E-state index is -0.892. The molecule has 1 atom stereocenters. The van der Waals surface area contributed by atoms with Gasteiger partial charge in [-0.15, -0.1) is 0 Å². The van der Waals surface area contributed by atoms with E-state index in [1.54, 1.807) is 6.20 Å². The van der Waals surface area contributed by atoms with Gasteiger partial charge in [-0.2, -0.15) is 10.5 Å². The predicted molar refractivity (Wildman–Crippen MR) is 222 cm³/mol. The average molecular weight is 741 g/mol. The third kappa shape index (κ3) is 3.97. The number of fused-ring (bicyclic) bond motifs is 15. The first-order valence-electron chi connectivity index (χ1n) is 18.6. The summed E-state index contributed by atoms with van der Waals surface area (Å²) in [6.07, 6.45) is 7.35. The molecule has 12 rings (SSSR count). The molecule has 0 fully saturated rings. The maximum atomic E-state index is 9.84. The Hall–Kier alpha value is -8.58. The molecule has 10 aromatic rings. The highest BCUT2D eigenvalue weighted by Crippen LogP contribution is 2.62. The molecule has 0 amide bonds. The number of nitrogens with zero attached hydrogens (tertiary/aromatic N) is 8. The van der Waals surface area contributed by atoms with Crippen molar-refractivity contribution in [2.75, 3.05) is 0 Å². The summed E-state index contributed by atoms with van der Waals surface area (Å²) in [4.78, 5) is 18.5. The van der Waals surface area contributed by atoms with Crippen LogP contribution in [0.4, 0.5) is 5.69 Å². The second kappa shape index (κ2) is 11.5. The van der Waals surface area contributed by atoms with Gasteiger partial charge in [-0.25, -0.2) is 4.85 Å². The SMILES string of the molecule is [C-]#[N+]c1ccc2c(c1)c1ccncc1n2-c1cccc2c1Oc1ccccc1C21c2cccnc2-c2ncc(-n3c4ccc(C#N)cc4c4cc(C#N)ccc43)cc21. The lowest BCUT2D eigenvalue weighted by molar-refractivity contribution is 0.434. The van der Waals surface area contributed by atoms with Crippen molar-refractivity contribution >= 4 is 49.3 Å². The number of pyridine rings is 3. The van der Waals surface area contributed by atoms with Gasteiger partial charge in [0.2, 0.25) is 0 Å². The van der Waals surface area contributed by atoms with Gasteiger partial charge in [0, 0.05) is 45.2 Å². The molecule has 0 N–H and O–H groups in total. The van der Waals surface area contributed by atoms with Crippen molar-refractivity contribution in [2.24, 2.45) is 0 Å². The molecule has 9 heteroatoms. The number of hydrogen-bond donors (Lipinski definition) is 0. The van der Waals surface area contributed by atoms with Crippen LogP contribution in [0.25, 0.3) is 71.2 Å². The van der Waals surface area contributed by atoms with E-state index in [1.165, 1.54) is 0 Å². The van der Waals surface area contributed by atoms with Gasteiger partial charge in [-0.05, 0) is 89.8 Å². The van der Waals surface area contributed by atoms with E-state index >= 15 is 0 Å². The van der Waals surface area contributed by atoms with Crippen molar-refractivity contribution in [3.63, 3.8) is 0 Å². The first-order valence-corrected chi connectivity index (χ1v) is 18.6. The Morgan fingerprint density at radius 1 is 0.586 bits per heavy atom. The van der Waals surface area contributed by atoms with E-state index in [9.17, 15) is 10.5 Å². The van der Waals surface area contributed by atoms with Gasteiger partial charge in [0.25, 0.3) is 0 Å². The third-order valence-electron chi connectivity index (χ3n) is 11.8. The molecule has 1 spiro atoms. The number of rotatable bonds is 2. The van der Waals surface area contributed by atoms with Crippen LogP contribution in [-0.2, 0) is 5.41 Å². The average Bonchev–Trinajstić information content (AvgIpc) is 3.89. The summed E-state index contributed by atoms with van der Waals surface area (Å²) in [5.74, 6) is 1.41. The Kier molecular flexibility index (Phi) is 6.28. The van der Waals surface area contributed by atoms with Crippen LogP contribution in [0.1, 0.15) is 33.4 Å². The number of para-hydroxylation sites is 2. The van der Waals surface area contributed by atoms with Crippen LogP contribution >= 0.6 is 0 Å². The Balaban J connectivity index is 1.19. The molecule has 266 valence electrons. The molecular formula is C49H24N8O. The summed E-state index contributed by atoms with van der Waals surface area (Å²) in [6.45, 7) is 7.73. The van der Waals surface area contributed by atoms with E-state index in [-0.39, 0.29) is 0 Å². The van der Waals surface area contributed by atoms with Crippen molar-refractivity contribution in [3.8, 4) is 46.4 Å². The van der Waals surface area contributed by atoms with Gasteiger partial charge in [0.05, 0.1) is 92.5 Å². The lowest BCUT2D eigenvalue weighted by Crippen LogP contribution is -2.32.